The van der Waals surface area contributed by atoms with Gasteiger partial charge in [-0.1, -0.05) is 31.2 Å². The normalized spacial score (nSPS) is 10.4. The van der Waals surface area contributed by atoms with Crippen LogP contribution in [0, 0.1) is 13.8 Å². The summed E-state index contributed by atoms with van der Waals surface area (Å²) in [4.78, 5) is 29.3. The molecule has 1 aromatic heterocycles. The Hall–Kier alpha value is -3.47. The Balaban J connectivity index is 1.77. The molecule has 3 rings (SSSR count). The van der Waals surface area contributed by atoms with Gasteiger partial charge in [-0.05, 0) is 61.2 Å². The fraction of sp³-hybridized carbons (Fsp3) is 0.174. The number of rotatable bonds is 5. The van der Waals surface area contributed by atoms with Crippen LogP contribution in [0.4, 0.5) is 11.4 Å². The molecule has 2 amide bonds. The summed E-state index contributed by atoms with van der Waals surface area (Å²) in [6, 6.07) is 15.0. The summed E-state index contributed by atoms with van der Waals surface area (Å²) in [5.74, 6) is -0.601. The van der Waals surface area contributed by atoms with Crippen LogP contribution in [0.5, 0.6) is 0 Å². The number of hydrogen-bond acceptors (Lipinski definition) is 3. The summed E-state index contributed by atoms with van der Waals surface area (Å²) in [5.41, 5.74) is 5.32. The lowest BCUT2D eigenvalue weighted by Gasteiger charge is -2.11. The van der Waals surface area contributed by atoms with E-state index in [-0.39, 0.29) is 11.8 Å². The van der Waals surface area contributed by atoms with Crippen LogP contribution in [0.15, 0.2) is 60.9 Å². The lowest BCUT2D eigenvalue weighted by Crippen LogP contribution is -2.17. The number of para-hydroxylation sites is 1. The molecule has 142 valence electrons. The molecule has 1 heterocycles. The number of nitrogens with zero attached hydrogens (tertiary/aromatic N) is 1. The summed E-state index contributed by atoms with van der Waals surface area (Å²) in [6.07, 6.45) is 3.72. The predicted octanol–water partition coefficient (Wildman–Crippen LogP) is 4.77. The molecule has 0 aliphatic heterocycles. The number of carbonyl (C=O) groups is 2. The van der Waals surface area contributed by atoms with Crippen LogP contribution in [0.2, 0.25) is 0 Å². The first-order valence-electron chi connectivity index (χ1n) is 9.20. The van der Waals surface area contributed by atoms with Crippen molar-refractivity contribution in [3.63, 3.8) is 0 Å². The molecule has 0 bridgehead atoms. The van der Waals surface area contributed by atoms with Gasteiger partial charge in [-0.15, -0.1) is 0 Å². The first kappa shape index (κ1) is 19.3. The van der Waals surface area contributed by atoms with E-state index in [2.05, 4.69) is 15.6 Å². The van der Waals surface area contributed by atoms with Crippen molar-refractivity contribution in [1.82, 2.24) is 4.98 Å². The van der Waals surface area contributed by atoms with Gasteiger partial charge in [0, 0.05) is 23.8 Å². The molecule has 5 heteroatoms. The highest BCUT2D eigenvalue weighted by molar-refractivity contribution is 6.08. The second-order valence-corrected chi connectivity index (χ2v) is 6.76. The molecule has 0 spiro atoms. The smallest absolute Gasteiger partial charge is 0.257 e. The van der Waals surface area contributed by atoms with Crippen LogP contribution in [0.25, 0.3) is 0 Å². The SMILES string of the molecule is CCc1ccccc1NC(=O)c1cncc(C(=O)Nc2cc(C)cc(C)c2)c1. The first-order chi connectivity index (χ1) is 13.5. The van der Waals surface area contributed by atoms with E-state index in [0.29, 0.717) is 16.8 Å². The molecule has 0 aliphatic carbocycles. The largest absolute Gasteiger partial charge is 0.322 e. The van der Waals surface area contributed by atoms with Gasteiger partial charge in [-0.25, -0.2) is 0 Å². The maximum Gasteiger partial charge on any atom is 0.257 e. The minimum atomic E-state index is -0.305. The average Bonchev–Trinajstić information content (AvgIpc) is 2.67. The second kappa shape index (κ2) is 8.48. The number of hydrogen-bond donors (Lipinski definition) is 2. The van der Waals surface area contributed by atoms with E-state index in [9.17, 15) is 9.59 Å². The maximum absolute atomic E-state index is 12.6. The van der Waals surface area contributed by atoms with Gasteiger partial charge < -0.3 is 10.6 Å². The van der Waals surface area contributed by atoms with Crippen molar-refractivity contribution < 1.29 is 9.59 Å². The molecule has 5 nitrogen and oxygen atoms in total. The quantitative estimate of drug-likeness (QED) is 0.677. The number of pyridine rings is 1. The summed E-state index contributed by atoms with van der Waals surface area (Å²) >= 11 is 0. The van der Waals surface area contributed by atoms with Crippen molar-refractivity contribution in [2.75, 3.05) is 10.6 Å². The lowest BCUT2D eigenvalue weighted by atomic mass is 10.1. The predicted molar refractivity (Wildman–Crippen MR) is 112 cm³/mol. The molecule has 28 heavy (non-hydrogen) atoms. The highest BCUT2D eigenvalue weighted by Crippen LogP contribution is 2.18. The lowest BCUT2D eigenvalue weighted by molar-refractivity contribution is 0.102. The van der Waals surface area contributed by atoms with Gasteiger partial charge >= 0.3 is 0 Å². The molecule has 3 aromatic rings. The monoisotopic (exact) mass is 373 g/mol. The van der Waals surface area contributed by atoms with Gasteiger partial charge in [0.1, 0.15) is 0 Å². The number of benzene rings is 2. The standard InChI is InChI=1S/C23H23N3O2/c1-4-17-7-5-6-8-21(17)26-23(28)19-12-18(13-24-14-19)22(27)25-20-10-15(2)9-16(3)11-20/h5-14H,4H2,1-3H3,(H,25,27)(H,26,28). The Labute approximate surface area is 164 Å². The molecule has 2 aromatic carbocycles. The van der Waals surface area contributed by atoms with Gasteiger partial charge in [0.05, 0.1) is 11.1 Å². The summed E-state index contributed by atoms with van der Waals surface area (Å²) in [7, 11) is 0. The van der Waals surface area contributed by atoms with Crippen LogP contribution in [-0.2, 0) is 6.42 Å². The topological polar surface area (TPSA) is 71.1 Å². The molecule has 2 N–H and O–H groups in total. The third-order valence-corrected chi connectivity index (χ3v) is 4.39. The van der Waals surface area contributed by atoms with Crippen molar-refractivity contribution >= 4 is 23.2 Å². The Morgan fingerprint density at radius 2 is 1.46 bits per heavy atom. The van der Waals surface area contributed by atoms with Crippen LogP contribution in [0.3, 0.4) is 0 Å². The van der Waals surface area contributed by atoms with E-state index >= 15 is 0 Å². The number of aryl methyl sites for hydroxylation is 3. The number of carbonyl (C=O) groups excluding carboxylic acids is 2. The minimum Gasteiger partial charge on any atom is -0.322 e. The minimum absolute atomic E-state index is 0.297. The molecule has 0 atom stereocenters. The second-order valence-electron chi connectivity index (χ2n) is 6.76. The Morgan fingerprint density at radius 3 is 2.11 bits per heavy atom. The third kappa shape index (κ3) is 4.62. The zero-order valence-corrected chi connectivity index (χ0v) is 16.2. The molecule has 0 fully saturated rings. The Morgan fingerprint density at radius 1 is 0.857 bits per heavy atom. The molecule has 0 saturated carbocycles. The number of nitrogens with one attached hydrogen (secondary N) is 2. The van der Waals surface area contributed by atoms with Crippen LogP contribution in [-0.4, -0.2) is 16.8 Å². The van der Waals surface area contributed by atoms with Gasteiger partial charge in [-0.3, -0.25) is 14.6 Å². The van der Waals surface area contributed by atoms with Crippen molar-refractivity contribution in [2.45, 2.75) is 27.2 Å². The molecular weight excluding hydrogens is 350 g/mol. The fourth-order valence-corrected chi connectivity index (χ4v) is 3.08. The van der Waals surface area contributed by atoms with Crippen molar-refractivity contribution in [2.24, 2.45) is 0 Å². The van der Waals surface area contributed by atoms with Gasteiger partial charge in [-0.2, -0.15) is 0 Å². The third-order valence-electron chi connectivity index (χ3n) is 4.39. The van der Waals surface area contributed by atoms with E-state index in [1.165, 1.54) is 12.4 Å². The molecule has 0 saturated heterocycles. The molecule has 0 unspecified atom stereocenters. The highest BCUT2D eigenvalue weighted by Gasteiger charge is 2.13. The first-order valence-corrected chi connectivity index (χ1v) is 9.20. The number of aromatic nitrogens is 1. The zero-order chi connectivity index (χ0) is 20.1. The number of anilines is 2. The van der Waals surface area contributed by atoms with Crippen LogP contribution >= 0.6 is 0 Å². The van der Waals surface area contributed by atoms with Crippen molar-refractivity contribution in [3.8, 4) is 0 Å². The highest BCUT2D eigenvalue weighted by atomic mass is 16.2. The van der Waals surface area contributed by atoms with Gasteiger partial charge in [0.15, 0.2) is 0 Å². The van der Waals surface area contributed by atoms with Crippen molar-refractivity contribution in [1.29, 1.82) is 0 Å². The van der Waals surface area contributed by atoms with Crippen LogP contribution < -0.4 is 10.6 Å². The fourth-order valence-electron chi connectivity index (χ4n) is 3.08. The van der Waals surface area contributed by atoms with E-state index in [1.54, 1.807) is 6.07 Å². The molecule has 0 aliphatic rings. The van der Waals surface area contributed by atoms with E-state index < -0.39 is 0 Å². The average molecular weight is 373 g/mol. The van der Waals surface area contributed by atoms with Gasteiger partial charge in [0.2, 0.25) is 0 Å². The summed E-state index contributed by atoms with van der Waals surface area (Å²) in [5, 5.41) is 5.76. The van der Waals surface area contributed by atoms with E-state index in [4.69, 9.17) is 0 Å². The number of amides is 2. The summed E-state index contributed by atoms with van der Waals surface area (Å²) in [6.45, 7) is 5.98. The Kier molecular flexibility index (Phi) is 5.84. The molecule has 0 radical (unpaired) electrons. The van der Waals surface area contributed by atoms with Crippen LogP contribution in [0.1, 0.15) is 44.3 Å². The zero-order valence-electron chi connectivity index (χ0n) is 16.2. The Bertz CT molecular complexity index is 1010. The maximum atomic E-state index is 12.6. The molecular formula is C23H23N3O2. The van der Waals surface area contributed by atoms with E-state index in [0.717, 1.165) is 28.8 Å². The van der Waals surface area contributed by atoms with E-state index in [1.807, 2.05) is 63.2 Å². The van der Waals surface area contributed by atoms with Gasteiger partial charge in [0.25, 0.3) is 11.8 Å². The van der Waals surface area contributed by atoms with Crippen molar-refractivity contribution in [3.05, 3.63) is 88.7 Å². The summed E-state index contributed by atoms with van der Waals surface area (Å²) < 4.78 is 0.